The summed E-state index contributed by atoms with van der Waals surface area (Å²) in [6.45, 7) is 3.22. The second-order valence-corrected chi connectivity index (χ2v) is 6.88. The average Bonchev–Trinajstić information content (AvgIpc) is 2.69. The van der Waals surface area contributed by atoms with Crippen LogP contribution in [-0.4, -0.2) is 48.0 Å². The molecule has 3 rings (SSSR count). The van der Waals surface area contributed by atoms with Crippen molar-refractivity contribution < 1.29 is 9.59 Å². The van der Waals surface area contributed by atoms with Crippen molar-refractivity contribution in [3.8, 4) is 0 Å². The first-order valence-corrected chi connectivity index (χ1v) is 9.34. The van der Waals surface area contributed by atoms with Gasteiger partial charge in [-0.15, -0.1) is 0 Å². The maximum absolute atomic E-state index is 12.9. The van der Waals surface area contributed by atoms with E-state index in [1.54, 1.807) is 18.1 Å². The molecule has 2 aromatic rings. The van der Waals surface area contributed by atoms with E-state index in [0.717, 1.165) is 29.7 Å². The Morgan fingerprint density at radius 1 is 1.30 bits per heavy atom. The molecule has 1 aromatic carbocycles. The van der Waals surface area contributed by atoms with E-state index < -0.39 is 6.04 Å². The number of aryl methyl sites for hydroxylation is 1. The smallest absolute Gasteiger partial charge is 0.317 e. The van der Waals surface area contributed by atoms with Crippen molar-refractivity contribution in [1.29, 1.82) is 0 Å². The lowest BCUT2D eigenvalue weighted by Gasteiger charge is -2.36. The molecule has 1 aromatic heterocycles. The van der Waals surface area contributed by atoms with E-state index in [2.05, 4.69) is 10.3 Å². The minimum Gasteiger partial charge on any atom is -0.338 e. The molecule has 1 atom stereocenters. The van der Waals surface area contributed by atoms with Crippen LogP contribution in [0.2, 0.25) is 0 Å². The summed E-state index contributed by atoms with van der Waals surface area (Å²) in [5, 5.41) is 2.93. The second kappa shape index (κ2) is 8.66. The number of amides is 3. The van der Waals surface area contributed by atoms with E-state index in [4.69, 9.17) is 0 Å². The molecule has 6 nitrogen and oxygen atoms in total. The zero-order valence-electron chi connectivity index (χ0n) is 15.9. The van der Waals surface area contributed by atoms with Crippen LogP contribution in [-0.2, 0) is 11.2 Å². The number of pyridine rings is 1. The lowest BCUT2D eigenvalue weighted by Crippen LogP contribution is -2.55. The van der Waals surface area contributed by atoms with Gasteiger partial charge in [0.25, 0.3) is 0 Å². The van der Waals surface area contributed by atoms with Crippen LogP contribution < -0.4 is 10.2 Å². The van der Waals surface area contributed by atoms with E-state index in [9.17, 15) is 9.59 Å². The van der Waals surface area contributed by atoms with Crippen LogP contribution in [0, 0.1) is 6.92 Å². The number of hydrogen-bond acceptors (Lipinski definition) is 3. The van der Waals surface area contributed by atoms with Crippen molar-refractivity contribution in [3.63, 3.8) is 0 Å². The van der Waals surface area contributed by atoms with Gasteiger partial charge in [0.1, 0.15) is 6.04 Å². The van der Waals surface area contributed by atoms with E-state index in [-0.39, 0.29) is 11.9 Å². The van der Waals surface area contributed by atoms with Gasteiger partial charge < -0.3 is 15.1 Å². The lowest BCUT2D eigenvalue weighted by molar-refractivity contribution is -0.123. The van der Waals surface area contributed by atoms with Gasteiger partial charge in [-0.2, -0.15) is 0 Å². The molecule has 27 heavy (non-hydrogen) atoms. The van der Waals surface area contributed by atoms with Crippen molar-refractivity contribution in [3.05, 3.63) is 59.9 Å². The highest BCUT2D eigenvalue weighted by atomic mass is 16.2. The molecule has 0 radical (unpaired) electrons. The molecule has 3 amide bonds. The Morgan fingerprint density at radius 3 is 2.81 bits per heavy atom. The average molecular weight is 366 g/mol. The number of rotatable bonds is 5. The number of urea groups is 1. The Hall–Kier alpha value is -2.89. The van der Waals surface area contributed by atoms with Crippen molar-refractivity contribution in [1.82, 2.24) is 15.2 Å². The number of piperidine rings is 1. The normalized spacial score (nSPS) is 16.9. The van der Waals surface area contributed by atoms with Gasteiger partial charge in [0.15, 0.2) is 0 Å². The minimum absolute atomic E-state index is 0.0184. The fourth-order valence-corrected chi connectivity index (χ4v) is 3.43. The number of carbonyl (C=O) groups excluding carboxylic acids is 2. The molecule has 2 heterocycles. The Morgan fingerprint density at radius 2 is 2.07 bits per heavy atom. The number of likely N-dealkylation sites (N-methyl/N-ethyl adjacent to an activating group) is 1. The molecule has 1 fully saturated rings. The quantitative estimate of drug-likeness (QED) is 0.885. The first kappa shape index (κ1) is 18.9. The van der Waals surface area contributed by atoms with Crippen LogP contribution in [0.1, 0.15) is 24.0 Å². The van der Waals surface area contributed by atoms with Crippen molar-refractivity contribution in [2.24, 2.45) is 0 Å². The molecule has 1 unspecified atom stereocenters. The lowest BCUT2D eigenvalue weighted by atomic mass is 10.0. The van der Waals surface area contributed by atoms with Gasteiger partial charge in [-0.25, -0.2) is 4.79 Å². The molecular formula is C21H26N4O2. The van der Waals surface area contributed by atoms with Crippen LogP contribution in [0.15, 0.2) is 48.8 Å². The molecule has 142 valence electrons. The molecular weight excluding hydrogens is 340 g/mol. The van der Waals surface area contributed by atoms with Crippen LogP contribution >= 0.6 is 0 Å². The summed E-state index contributed by atoms with van der Waals surface area (Å²) >= 11 is 0. The maximum Gasteiger partial charge on any atom is 0.317 e. The number of aromatic nitrogens is 1. The number of hydrogen-bond donors (Lipinski definition) is 1. The van der Waals surface area contributed by atoms with E-state index >= 15 is 0 Å². The Kier molecular flexibility index (Phi) is 6.06. The Labute approximate surface area is 160 Å². The largest absolute Gasteiger partial charge is 0.338 e. The van der Waals surface area contributed by atoms with Gasteiger partial charge in [0.05, 0.1) is 0 Å². The molecule has 0 saturated carbocycles. The standard InChI is InChI=1S/C21H26N4O2/c1-16-15-22-12-10-17(16)11-13-23-21(27)24(2)19-9-6-14-25(20(19)26)18-7-4-3-5-8-18/h3-5,7-8,10,12,15,19H,6,9,11,13-14H2,1-2H3,(H,23,27). The molecule has 0 aliphatic carbocycles. The van der Waals surface area contributed by atoms with Gasteiger partial charge in [-0.3, -0.25) is 9.78 Å². The zero-order valence-corrected chi connectivity index (χ0v) is 15.9. The Balaban J connectivity index is 1.57. The monoisotopic (exact) mass is 366 g/mol. The number of nitrogens with one attached hydrogen (secondary N) is 1. The summed E-state index contributed by atoms with van der Waals surface area (Å²) in [5.41, 5.74) is 3.16. The summed E-state index contributed by atoms with van der Waals surface area (Å²) in [7, 11) is 1.70. The SMILES string of the molecule is Cc1cnccc1CCNC(=O)N(C)C1CCCN(c2ccccc2)C1=O. The van der Waals surface area contributed by atoms with Crippen molar-refractivity contribution >= 4 is 17.6 Å². The van der Waals surface area contributed by atoms with Gasteiger partial charge in [0.2, 0.25) is 5.91 Å². The summed E-state index contributed by atoms with van der Waals surface area (Å²) in [5.74, 6) is -0.0184. The van der Waals surface area contributed by atoms with Crippen LogP contribution in [0.5, 0.6) is 0 Å². The molecule has 1 saturated heterocycles. The zero-order chi connectivity index (χ0) is 19.2. The van der Waals surface area contributed by atoms with Crippen LogP contribution in [0.25, 0.3) is 0 Å². The third kappa shape index (κ3) is 4.45. The third-order valence-electron chi connectivity index (χ3n) is 5.07. The fourth-order valence-electron chi connectivity index (χ4n) is 3.43. The van der Waals surface area contributed by atoms with Crippen LogP contribution in [0.4, 0.5) is 10.5 Å². The van der Waals surface area contributed by atoms with E-state index in [1.165, 1.54) is 4.90 Å². The highest BCUT2D eigenvalue weighted by Crippen LogP contribution is 2.23. The predicted molar refractivity (Wildman–Crippen MR) is 106 cm³/mol. The molecule has 0 spiro atoms. The fraction of sp³-hybridized carbons (Fsp3) is 0.381. The van der Waals surface area contributed by atoms with Crippen LogP contribution in [0.3, 0.4) is 0 Å². The van der Waals surface area contributed by atoms with Gasteiger partial charge in [0, 0.05) is 38.2 Å². The number of para-hydroxylation sites is 1. The van der Waals surface area contributed by atoms with Crippen molar-refractivity contribution in [2.45, 2.75) is 32.2 Å². The second-order valence-electron chi connectivity index (χ2n) is 6.88. The van der Waals surface area contributed by atoms with E-state index in [1.807, 2.05) is 49.5 Å². The number of anilines is 1. The number of benzene rings is 1. The summed E-state index contributed by atoms with van der Waals surface area (Å²) in [4.78, 5) is 32.8. The summed E-state index contributed by atoms with van der Waals surface area (Å²) < 4.78 is 0. The predicted octanol–water partition coefficient (Wildman–Crippen LogP) is 2.77. The maximum atomic E-state index is 12.9. The first-order valence-electron chi connectivity index (χ1n) is 9.34. The highest BCUT2D eigenvalue weighted by Gasteiger charge is 2.34. The molecule has 0 bridgehead atoms. The molecule has 1 aliphatic rings. The van der Waals surface area contributed by atoms with Gasteiger partial charge >= 0.3 is 6.03 Å². The summed E-state index contributed by atoms with van der Waals surface area (Å²) in [6, 6.07) is 11.0. The topological polar surface area (TPSA) is 65.5 Å². The first-order chi connectivity index (χ1) is 13.1. The number of carbonyl (C=O) groups is 2. The summed E-state index contributed by atoms with van der Waals surface area (Å²) in [6.07, 6.45) is 5.88. The van der Waals surface area contributed by atoms with Crippen molar-refractivity contribution in [2.75, 3.05) is 25.0 Å². The third-order valence-corrected chi connectivity index (χ3v) is 5.07. The minimum atomic E-state index is -0.429. The number of nitrogens with zero attached hydrogens (tertiary/aromatic N) is 3. The van der Waals surface area contributed by atoms with Gasteiger partial charge in [-0.1, -0.05) is 18.2 Å². The Bertz CT molecular complexity index is 794. The van der Waals surface area contributed by atoms with E-state index in [0.29, 0.717) is 19.5 Å². The highest BCUT2D eigenvalue weighted by molar-refractivity contribution is 5.99. The van der Waals surface area contributed by atoms with Gasteiger partial charge in [-0.05, 0) is 55.5 Å². The molecule has 6 heteroatoms. The molecule has 1 aliphatic heterocycles. The molecule has 1 N–H and O–H groups in total.